The molecule has 4 bridgehead atoms. The summed E-state index contributed by atoms with van der Waals surface area (Å²) < 4.78 is 5.95. The van der Waals surface area contributed by atoms with Crippen LogP contribution < -0.4 is 10.6 Å². The van der Waals surface area contributed by atoms with Crippen molar-refractivity contribution in [3.63, 3.8) is 0 Å². The molecular formula is C23H27ClN2O3. The predicted octanol–water partition coefficient (Wildman–Crippen LogP) is 4.74. The number of hydrogen-bond acceptors (Lipinski definition) is 3. The van der Waals surface area contributed by atoms with Crippen LogP contribution >= 0.6 is 11.6 Å². The zero-order chi connectivity index (χ0) is 20.4. The molecule has 4 saturated carbocycles. The van der Waals surface area contributed by atoms with Gasteiger partial charge in [0, 0.05) is 22.9 Å². The highest BCUT2D eigenvalue weighted by Crippen LogP contribution is 2.61. The number of hydrogen-bond donors (Lipinski definition) is 2. The van der Waals surface area contributed by atoms with Crippen molar-refractivity contribution in [1.29, 1.82) is 0 Å². The summed E-state index contributed by atoms with van der Waals surface area (Å²) >= 11 is 6.08. The molecule has 0 radical (unpaired) electrons. The minimum absolute atomic E-state index is 0.0109. The predicted molar refractivity (Wildman–Crippen MR) is 111 cm³/mol. The summed E-state index contributed by atoms with van der Waals surface area (Å²) in [5.74, 6) is 1.90. The van der Waals surface area contributed by atoms with Gasteiger partial charge < -0.3 is 15.1 Å². The van der Waals surface area contributed by atoms with Crippen molar-refractivity contribution >= 4 is 34.4 Å². The maximum Gasteiger partial charge on any atom is 0.226 e. The van der Waals surface area contributed by atoms with Crippen LogP contribution in [0.2, 0.25) is 5.02 Å². The number of halogens is 1. The fourth-order valence-electron chi connectivity index (χ4n) is 6.72. The lowest BCUT2D eigenvalue weighted by Crippen LogP contribution is -2.65. The second-order valence-electron chi connectivity index (χ2n) is 9.73. The first-order chi connectivity index (χ1) is 13.8. The Kier molecular flexibility index (Phi) is 4.25. The van der Waals surface area contributed by atoms with E-state index in [1.807, 2.05) is 25.1 Å². The molecular weight excluding hydrogens is 388 g/mol. The Labute approximate surface area is 175 Å². The fourth-order valence-corrected chi connectivity index (χ4v) is 6.90. The van der Waals surface area contributed by atoms with E-state index in [1.165, 1.54) is 6.42 Å². The maximum absolute atomic E-state index is 13.5. The third kappa shape index (κ3) is 3.24. The molecule has 4 aliphatic carbocycles. The van der Waals surface area contributed by atoms with Crippen LogP contribution in [0.1, 0.15) is 64.2 Å². The first kappa shape index (κ1) is 19.0. The van der Waals surface area contributed by atoms with Gasteiger partial charge in [0.1, 0.15) is 11.3 Å². The number of rotatable bonds is 4. The van der Waals surface area contributed by atoms with Crippen LogP contribution in [0.5, 0.6) is 0 Å². The van der Waals surface area contributed by atoms with E-state index in [9.17, 15) is 9.59 Å². The standard InChI is InChI=1S/C23H27ClN2O3/c1-13(20-7-17-6-18(24)3-4-19(17)29-20)25-21(28)22-8-15-5-16(9-22)11-23(10-15,12-22)26-14(2)27/h3-4,6-7,13,15-16H,5,8-12H2,1-2H3,(H,25,28)(H,26,27). The molecule has 4 fully saturated rings. The summed E-state index contributed by atoms with van der Waals surface area (Å²) in [5.41, 5.74) is 0.188. The van der Waals surface area contributed by atoms with E-state index in [1.54, 1.807) is 13.0 Å². The second-order valence-corrected chi connectivity index (χ2v) is 10.2. The number of furan rings is 1. The molecule has 1 aromatic carbocycles. The lowest BCUT2D eigenvalue weighted by molar-refractivity contribution is -0.153. The van der Waals surface area contributed by atoms with E-state index < -0.39 is 0 Å². The van der Waals surface area contributed by atoms with E-state index in [0.29, 0.717) is 16.9 Å². The fraction of sp³-hybridized carbons (Fsp3) is 0.565. The molecule has 1 heterocycles. The van der Waals surface area contributed by atoms with Crippen molar-refractivity contribution in [1.82, 2.24) is 10.6 Å². The van der Waals surface area contributed by atoms with Crippen LogP contribution in [0, 0.1) is 17.3 Å². The quantitative estimate of drug-likeness (QED) is 0.759. The highest BCUT2D eigenvalue weighted by atomic mass is 35.5. The van der Waals surface area contributed by atoms with Gasteiger partial charge in [0.25, 0.3) is 0 Å². The number of carbonyl (C=O) groups is 2. The molecule has 2 amide bonds. The van der Waals surface area contributed by atoms with Crippen molar-refractivity contribution in [3.8, 4) is 0 Å². The van der Waals surface area contributed by atoms with Gasteiger partial charge in [-0.05, 0) is 81.5 Å². The van der Waals surface area contributed by atoms with Gasteiger partial charge in [0.05, 0.1) is 11.5 Å². The van der Waals surface area contributed by atoms with E-state index in [4.69, 9.17) is 16.0 Å². The third-order valence-electron chi connectivity index (χ3n) is 7.26. The van der Waals surface area contributed by atoms with Crippen LogP contribution in [0.15, 0.2) is 28.7 Å². The molecule has 29 heavy (non-hydrogen) atoms. The minimum atomic E-state index is -0.379. The topological polar surface area (TPSA) is 71.3 Å². The van der Waals surface area contributed by atoms with Gasteiger partial charge in [-0.1, -0.05) is 11.6 Å². The Morgan fingerprint density at radius 3 is 2.59 bits per heavy atom. The summed E-state index contributed by atoms with van der Waals surface area (Å²) in [5, 5.41) is 8.05. The zero-order valence-electron chi connectivity index (χ0n) is 16.9. The van der Waals surface area contributed by atoms with Crippen LogP contribution in [0.25, 0.3) is 11.0 Å². The summed E-state index contributed by atoms with van der Waals surface area (Å²) in [6.07, 6.45) is 5.82. The van der Waals surface area contributed by atoms with Gasteiger partial charge in [0.2, 0.25) is 11.8 Å². The van der Waals surface area contributed by atoms with Gasteiger partial charge in [-0.2, -0.15) is 0 Å². The van der Waals surface area contributed by atoms with Crippen molar-refractivity contribution in [2.45, 2.75) is 64.0 Å². The molecule has 1 aromatic heterocycles. The molecule has 0 spiro atoms. The Bertz CT molecular complexity index is 983. The Hall–Kier alpha value is -2.01. The SMILES string of the molecule is CC(=O)NC12CC3CC(C1)CC(C(=O)NC(C)c1cc4cc(Cl)ccc4o1)(C3)C2. The first-order valence-corrected chi connectivity index (χ1v) is 10.9. The van der Waals surface area contributed by atoms with Crippen molar-refractivity contribution in [2.24, 2.45) is 17.3 Å². The smallest absolute Gasteiger partial charge is 0.226 e. The normalized spacial score (nSPS) is 33.6. The third-order valence-corrected chi connectivity index (χ3v) is 7.49. The molecule has 2 N–H and O–H groups in total. The molecule has 154 valence electrons. The molecule has 3 atom stereocenters. The van der Waals surface area contributed by atoms with Gasteiger partial charge >= 0.3 is 0 Å². The number of benzene rings is 1. The average molecular weight is 415 g/mol. The number of amides is 2. The first-order valence-electron chi connectivity index (χ1n) is 10.5. The van der Waals surface area contributed by atoms with Gasteiger partial charge in [-0.3, -0.25) is 9.59 Å². The van der Waals surface area contributed by atoms with Gasteiger partial charge in [0.15, 0.2) is 0 Å². The van der Waals surface area contributed by atoms with Crippen LogP contribution in [-0.2, 0) is 9.59 Å². The number of fused-ring (bicyclic) bond motifs is 1. The van der Waals surface area contributed by atoms with Crippen LogP contribution in [0.4, 0.5) is 0 Å². The molecule has 0 saturated heterocycles. The second kappa shape index (κ2) is 6.49. The van der Waals surface area contributed by atoms with E-state index in [-0.39, 0.29) is 28.8 Å². The minimum Gasteiger partial charge on any atom is -0.459 e. The van der Waals surface area contributed by atoms with Crippen LogP contribution in [-0.4, -0.2) is 17.4 Å². The Morgan fingerprint density at radius 2 is 1.90 bits per heavy atom. The van der Waals surface area contributed by atoms with Gasteiger partial charge in [-0.25, -0.2) is 0 Å². The van der Waals surface area contributed by atoms with Crippen LogP contribution in [0.3, 0.4) is 0 Å². The zero-order valence-corrected chi connectivity index (χ0v) is 17.6. The van der Waals surface area contributed by atoms with Gasteiger partial charge in [-0.15, -0.1) is 0 Å². The van der Waals surface area contributed by atoms with E-state index in [2.05, 4.69) is 10.6 Å². The van der Waals surface area contributed by atoms with E-state index >= 15 is 0 Å². The summed E-state index contributed by atoms with van der Waals surface area (Å²) in [6, 6.07) is 7.25. The number of nitrogens with one attached hydrogen (secondary N) is 2. The summed E-state index contributed by atoms with van der Waals surface area (Å²) in [6.45, 7) is 3.54. The lowest BCUT2D eigenvalue weighted by Gasteiger charge is -2.61. The monoisotopic (exact) mass is 414 g/mol. The van der Waals surface area contributed by atoms with Crippen molar-refractivity contribution in [3.05, 3.63) is 35.0 Å². The molecule has 0 aliphatic heterocycles. The lowest BCUT2D eigenvalue weighted by atomic mass is 9.46. The Balaban J connectivity index is 1.37. The largest absolute Gasteiger partial charge is 0.459 e. The van der Waals surface area contributed by atoms with Crippen molar-refractivity contribution in [2.75, 3.05) is 0 Å². The maximum atomic E-state index is 13.5. The molecule has 4 aliphatic rings. The molecule has 6 heteroatoms. The average Bonchev–Trinajstić information content (AvgIpc) is 3.02. The molecule has 3 unspecified atom stereocenters. The highest BCUT2D eigenvalue weighted by Gasteiger charge is 2.61. The summed E-state index contributed by atoms with van der Waals surface area (Å²) in [4.78, 5) is 25.3. The molecule has 5 nitrogen and oxygen atoms in total. The van der Waals surface area contributed by atoms with E-state index in [0.717, 1.165) is 48.8 Å². The van der Waals surface area contributed by atoms with Crippen molar-refractivity contribution < 1.29 is 14.0 Å². The molecule has 2 aromatic rings. The summed E-state index contributed by atoms with van der Waals surface area (Å²) in [7, 11) is 0. The highest BCUT2D eigenvalue weighted by molar-refractivity contribution is 6.31. The molecule has 6 rings (SSSR count). The Morgan fingerprint density at radius 1 is 1.17 bits per heavy atom. The number of carbonyl (C=O) groups excluding carboxylic acids is 2.